The van der Waals surface area contributed by atoms with Crippen LogP contribution in [0.3, 0.4) is 0 Å². The summed E-state index contributed by atoms with van der Waals surface area (Å²) in [6.07, 6.45) is 3.62. The Morgan fingerprint density at radius 1 is 1.53 bits per heavy atom. The zero-order valence-electron chi connectivity index (χ0n) is 11.4. The summed E-state index contributed by atoms with van der Waals surface area (Å²) >= 11 is 0. The molecular weight excluding hydrogens is 244 g/mol. The van der Waals surface area contributed by atoms with E-state index in [4.69, 9.17) is 4.42 Å². The molecule has 1 amide bonds. The van der Waals surface area contributed by atoms with Gasteiger partial charge in [-0.05, 0) is 19.5 Å². The van der Waals surface area contributed by atoms with Gasteiger partial charge in [-0.2, -0.15) is 0 Å². The molecule has 0 aliphatic carbocycles. The van der Waals surface area contributed by atoms with Crippen LogP contribution in [0.5, 0.6) is 0 Å². The standard InChI is InChI=1S/C13H22N4O2/c1-2-11-8-16-13(19-11)9-15-12(18)10-17-6-3-4-14-5-7-17/h8,14H,2-7,9-10H2,1H3,(H,15,18). The van der Waals surface area contributed by atoms with Crippen LogP contribution in [-0.2, 0) is 17.8 Å². The predicted octanol–water partition coefficient (Wildman–Crippen LogP) is 0.149. The lowest BCUT2D eigenvalue weighted by Gasteiger charge is -2.18. The number of nitrogens with one attached hydrogen (secondary N) is 2. The van der Waals surface area contributed by atoms with Gasteiger partial charge in [0.25, 0.3) is 0 Å². The van der Waals surface area contributed by atoms with E-state index in [2.05, 4.69) is 20.5 Å². The van der Waals surface area contributed by atoms with Gasteiger partial charge in [-0.3, -0.25) is 9.69 Å². The first kappa shape index (κ1) is 14.0. The number of carbonyl (C=O) groups is 1. The van der Waals surface area contributed by atoms with Crippen LogP contribution in [0.1, 0.15) is 25.0 Å². The van der Waals surface area contributed by atoms with Gasteiger partial charge in [-0.25, -0.2) is 4.98 Å². The van der Waals surface area contributed by atoms with Crippen LogP contribution in [0.25, 0.3) is 0 Å². The second-order valence-corrected chi connectivity index (χ2v) is 4.73. The van der Waals surface area contributed by atoms with E-state index in [0.29, 0.717) is 19.0 Å². The molecule has 2 N–H and O–H groups in total. The van der Waals surface area contributed by atoms with Crippen LogP contribution < -0.4 is 10.6 Å². The highest BCUT2D eigenvalue weighted by atomic mass is 16.4. The van der Waals surface area contributed by atoms with Crippen LogP contribution >= 0.6 is 0 Å². The third-order valence-electron chi connectivity index (χ3n) is 3.19. The van der Waals surface area contributed by atoms with Crippen molar-refractivity contribution >= 4 is 5.91 Å². The normalized spacial score (nSPS) is 17.1. The molecule has 0 radical (unpaired) electrons. The van der Waals surface area contributed by atoms with Crippen molar-refractivity contribution in [3.8, 4) is 0 Å². The van der Waals surface area contributed by atoms with E-state index in [1.807, 2.05) is 6.92 Å². The summed E-state index contributed by atoms with van der Waals surface area (Å²) in [7, 11) is 0. The fourth-order valence-corrected chi connectivity index (χ4v) is 2.09. The Bertz CT molecular complexity index is 397. The second kappa shape index (κ2) is 7.25. The molecule has 1 fully saturated rings. The molecule has 1 aliphatic rings. The zero-order chi connectivity index (χ0) is 13.5. The smallest absolute Gasteiger partial charge is 0.234 e. The Morgan fingerprint density at radius 2 is 2.42 bits per heavy atom. The van der Waals surface area contributed by atoms with Gasteiger partial charge >= 0.3 is 0 Å². The summed E-state index contributed by atoms with van der Waals surface area (Å²) in [5.74, 6) is 1.45. The van der Waals surface area contributed by atoms with Crippen molar-refractivity contribution in [2.45, 2.75) is 26.3 Å². The van der Waals surface area contributed by atoms with E-state index < -0.39 is 0 Å². The fourth-order valence-electron chi connectivity index (χ4n) is 2.09. The van der Waals surface area contributed by atoms with Crippen LogP contribution in [0.2, 0.25) is 0 Å². The number of nitrogens with zero attached hydrogens (tertiary/aromatic N) is 2. The number of hydrogen-bond acceptors (Lipinski definition) is 5. The van der Waals surface area contributed by atoms with Gasteiger partial charge in [0.15, 0.2) is 0 Å². The maximum atomic E-state index is 11.8. The summed E-state index contributed by atoms with van der Waals surface area (Å²) in [6.45, 7) is 6.71. The molecule has 0 aromatic carbocycles. The number of aromatic nitrogens is 1. The highest BCUT2D eigenvalue weighted by Gasteiger charge is 2.13. The van der Waals surface area contributed by atoms with Gasteiger partial charge in [0.1, 0.15) is 5.76 Å². The molecule has 2 heterocycles. The van der Waals surface area contributed by atoms with E-state index in [1.54, 1.807) is 6.20 Å². The number of hydrogen-bond donors (Lipinski definition) is 2. The van der Waals surface area contributed by atoms with Crippen molar-refractivity contribution < 1.29 is 9.21 Å². The lowest BCUT2D eigenvalue weighted by atomic mass is 10.4. The highest BCUT2D eigenvalue weighted by molar-refractivity contribution is 5.77. The Balaban J connectivity index is 1.71. The first-order valence-corrected chi connectivity index (χ1v) is 6.91. The molecule has 0 spiro atoms. The molecule has 0 atom stereocenters. The summed E-state index contributed by atoms with van der Waals surface area (Å²) in [4.78, 5) is 18.1. The molecule has 1 aromatic heterocycles. The van der Waals surface area contributed by atoms with Crippen LogP contribution in [0.4, 0.5) is 0 Å². The Hall–Kier alpha value is -1.40. The van der Waals surface area contributed by atoms with Crippen molar-refractivity contribution in [3.63, 3.8) is 0 Å². The lowest BCUT2D eigenvalue weighted by Crippen LogP contribution is -2.38. The van der Waals surface area contributed by atoms with Crippen LogP contribution in [0, 0.1) is 0 Å². The molecule has 1 aliphatic heterocycles. The number of oxazole rings is 1. The zero-order valence-corrected chi connectivity index (χ0v) is 11.4. The van der Waals surface area contributed by atoms with Gasteiger partial charge in [-0.15, -0.1) is 0 Å². The molecule has 1 aromatic rings. The maximum absolute atomic E-state index is 11.8. The topological polar surface area (TPSA) is 70.4 Å². The first-order valence-electron chi connectivity index (χ1n) is 6.91. The Labute approximate surface area is 113 Å². The van der Waals surface area contributed by atoms with E-state index >= 15 is 0 Å². The summed E-state index contributed by atoms with van der Waals surface area (Å²) in [5, 5.41) is 6.17. The molecule has 2 rings (SSSR count). The summed E-state index contributed by atoms with van der Waals surface area (Å²) in [5.41, 5.74) is 0. The van der Waals surface area contributed by atoms with Gasteiger partial charge in [0, 0.05) is 19.5 Å². The van der Waals surface area contributed by atoms with E-state index in [9.17, 15) is 4.79 Å². The quantitative estimate of drug-likeness (QED) is 0.794. The molecule has 6 heteroatoms. The van der Waals surface area contributed by atoms with Gasteiger partial charge in [-0.1, -0.05) is 6.92 Å². The number of amides is 1. The molecule has 0 saturated carbocycles. The molecule has 19 heavy (non-hydrogen) atoms. The molecule has 106 valence electrons. The summed E-state index contributed by atoms with van der Waals surface area (Å²) < 4.78 is 5.44. The van der Waals surface area contributed by atoms with Gasteiger partial charge in [0.2, 0.25) is 11.8 Å². The number of aryl methyl sites for hydroxylation is 1. The Kier molecular flexibility index (Phi) is 5.35. The minimum Gasteiger partial charge on any atom is -0.444 e. The monoisotopic (exact) mass is 266 g/mol. The predicted molar refractivity (Wildman–Crippen MR) is 71.7 cm³/mol. The third kappa shape index (κ3) is 4.65. The minimum atomic E-state index is 0.0261. The van der Waals surface area contributed by atoms with Crippen molar-refractivity contribution in [2.24, 2.45) is 0 Å². The van der Waals surface area contributed by atoms with E-state index in [-0.39, 0.29) is 5.91 Å². The molecule has 0 unspecified atom stereocenters. The maximum Gasteiger partial charge on any atom is 0.234 e. The van der Waals surface area contributed by atoms with Gasteiger partial charge < -0.3 is 15.1 Å². The first-order chi connectivity index (χ1) is 9.28. The number of rotatable bonds is 5. The van der Waals surface area contributed by atoms with Crippen molar-refractivity contribution in [1.29, 1.82) is 0 Å². The van der Waals surface area contributed by atoms with Crippen molar-refractivity contribution in [2.75, 3.05) is 32.7 Å². The van der Waals surface area contributed by atoms with E-state index in [1.165, 1.54) is 0 Å². The second-order valence-electron chi connectivity index (χ2n) is 4.73. The number of carbonyl (C=O) groups excluding carboxylic acids is 1. The SMILES string of the molecule is CCc1cnc(CNC(=O)CN2CCCNCC2)o1. The fraction of sp³-hybridized carbons (Fsp3) is 0.692. The van der Waals surface area contributed by atoms with Gasteiger partial charge in [0.05, 0.1) is 19.3 Å². The summed E-state index contributed by atoms with van der Waals surface area (Å²) in [6, 6.07) is 0. The highest BCUT2D eigenvalue weighted by Crippen LogP contribution is 2.03. The lowest BCUT2D eigenvalue weighted by molar-refractivity contribution is -0.122. The van der Waals surface area contributed by atoms with Crippen LogP contribution in [0.15, 0.2) is 10.6 Å². The minimum absolute atomic E-state index is 0.0261. The third-order valence-corrected chi connectivity index (χ3v) is 3.19. The molecule has 1 saturated heterocycles. The van der Waals surface area contributed by atoms with Crippen molar-refractivity contribution in [3.05, 3.63) is 17.8 Å². The average molecular weight is 266 g/mol. The average Bonchev–Trinajstić information content (AvgIpc) is 2.73. The molecule has 6 nitrogen and oxygen atoms in total. The Morgan fingerprint density at radius 3 is 3.21 bits per heavy atom. The van der Waals surface area contributed by atoms with E-state index in [0.717, 1.165) is 44.8 Å². The van der Waals surface area contributed by atoms with Crippen LogP contribution in [-0.4, -0.2) is 48.5 Å². The van der Waals surface area contributed by atoms with Crippen molar-refractivity contribution in [1.82, 2.24) is 20.5 Å². The molecular formula is C13H22N4O2. The molecule has 0 bridgehead atoms. The largest absolute Gasteiger partial charge is 0.444 e.